The quantitative estimate of drug-likeness (QED) is 0.809. The number of aromatic nitrogens is 1. The van der Waals surface area contributed by atoms with Crippen LogP contribution in [-0.4, -0.2) is 18.1 Å². The van der Waals surface area contributed by atoms with Crippen molar-refractivity contribution >= 4 is 11.3 Å². The first-order valence-electron chi connectivity index (χ1n) is 6.02. The van der Waals surface area contributed by atoms with Crippen molar-refractivity contribution in [1.82, 2.24) is 10.3 Å². The molecule has 0 amide bonds. The maximum atomic E-state index is 8.59. The number of thiazole rings is 1. The largest absolute Gasteiger partial charge is 0.316 e. The van der Waals surface area contributed by atoms with E-state index in [0.29, 0.717) is 12.3 Å². The predicted octanol–water partition coefficient (Wildman–Crippen LogP) is 3.17. The molecule has 3 nitrogen and oxygen atoms in total. The lowest BCUT2D eigenvalue weighted by Crippen LogP contribution is -2.31. The molecule has 0 radical (unpaired) electrons. The highest BCUT2D eigenvalue weighted by Crippen LogP contribution is 2.21. The van der Waals surface area contributed by atoms with Gasteiger partial charge in [-0.05, 0) is 11.8 Å². The minimum atomic E-state index is 0.193. The van der Waals surface area contributed by atoms with Crippen LogP contribution in [0.5, 0.6) is 0 Å². The summed E-state index contributed by atoms with van der Waals surface area (Å²) in [7, 11) is 0. The summed E-state index contributed by atoms with van der Waals surface area (Å²) in [6, 6.07) is 2.21. The fraction of sp³-hybridized carbons (Fsp3) is 0.692. The standard InChI is InChI=1S/C13H21N3S/c1-11(12-16-7-8-17-12)9-15-10-13(2,3)5-4-6-14/h7-8,11,15H,4-5,9-10H2,1-3H3. The molecular formula is C13H21N3S. The van der Waals surface area contributed by atoms with Crippen LogP contribution in [0.3, 0.4) is 0 Å². The molecule has 1 unspecified atom stereocenters. The molecule has 1 atom stereocenters. The van der Waals surface area contributed by atoms with Gasteiger partial charge < -0.3 is 5.32 Å². The van der Waals surface area contributed by atoms with Gasteiger partial charge in [-0.15, -0.1) is 11.3 Å². The van der Waals surface area contributed by atoms with Gasteiger partial charge in [0.2, 0.25) is 0 Å². The summed E-state index contributed by atoms with van der Waals surface area (Å²) in [6.45, 7) is 8.48. The molecule has 94 valence electrons. The lowest BCUT2D eigenvalue weighted by molar-refractivity contribution is 0.316. The zero-order chi connectivity index (χ0) is 12.7. The Labute approximate surface area is 108 Å². The second kappa shape index (κ2) is 6.73. The Bertz CT molecular complexity index is 351. The van der Waals surface area contributed by atoms with E-state index in [1.54, 1.807) is 11.3 Å². The second-order valence-electron chi connectivity index (χ2n) is 5.22. The molecule has 0 aliphatic heterocycles. The van der Waals surface area contributed by atoms with E-state index in [4.69, 9.17) is 5.26 Å². The van der Waals surface area contributed by atoms with Crippen molar-refractivity contribution in [1.29, 1.82) is 5.26 Å². The van der Waals surface area contributed by atoms with Crippen LogP contribution >= 0.6 is 11.3 Å². The van der Waals surface area contributed by atoms with Crippen LogP contribution in [-0.2, 0) is 0 Å². The van der Waals surface area contributed by atoms with E-state index < -0.39 is 0 Å². The number of rotatable bonds is 7. The molecule has 0 fully saturated rings. The molecule has 1 heterocycles. The van der Waals surface area contributed by atoms with E-state index in [1.165, 1.54) is 5.01 Å². The Morgan fingerprint density at radius 1 is 1.59 bits per heavy atom. The maximum absolute atomic E-state index is 8.59. The smallest absolute Gasteiger partial charge is 0.0965 e. The first kappa shape index (κ1) is 14.1. The minimum absolute atomic E-state index is 0.193. The number of hydrogen-bond acceptors (Lipinski definition) is 4. The summed E-state index contributed by atoms with van der Waals surface area (Å²) in [5, 5.41) is 15.3. The van der Waals surface area contributed by atoms with Gasteiger partial charge in [-0.25, -0.2) is 4.98 Å². The summed E-state index contributed by atoms with van der Waals surface area (Å²) in [4.78, 5) is 4.32. The average molecular weight is 251 g/mol. The SMILES string of the molecule is CC(CNCC(C)(C)CCC#N)c1nccs1. The van der Waals surface area contributed by atoms with Gasteiger partial charge in [0.1, 0.15) is 0 Å². The van der Waals surface area contributed by atoms with Crippen molar-refractivity contribution in [3.05, 3.63) is 16.6 Å². The molecule has 0 aliphatic rings. The van der Waals surface area contributed by atoms with Crippen LogP contribution in [0.2, 0.25) is 0 Å². The third kappa shape index (κ3) is 5.29. The topological polar surface area (TPSA) is 48.7 Å². The molecular weight excluding hydrogens is 230 g/mol. The molecule has 0 saturated heterocycles. The summed E-state index contributed by atoms with van der Waals surface area (Å²) in [5.41, 5.74) is 0.193. The van der Waals surface area contributed by atoms with Crippen molar-refractivity contribution < 1.29 is 0 Å². The Morgan fingerprint density at radius 2 is 2.35 bits per heavy atom. The normalized spacial score (nSPS) is 13.3. The van der Waals surface area contributed by atoms with Gasteiger partial charge in [-0.2, -0.15) is 5.26 Å². The molecule has 4 heteroatoms. The summed E-state index contributed by atoms with van der Waals surface area (Å²) in [5.74, 6) is 0.460. The predicted molar refractivity (Wildman–Crippen MR) is 72.0 cm³/mol. The molecule has 0 spiro atoms. The number of hydrogen-bond donors (Lipinski definition) is 1. The van der Waals surface area contributed by atoms with E-state index in [-0.39, 0.29) is 5.41 Å². The summed E-state index contributed by atoms with van der Waals surface area (Å²) >= 11 is 1.71. The van der Waals surface area contributed by atoms with Crippen LogP contribution in [0.4, 0.5) is 0 Å². The van der Waals surface area contributed by atoms with E-state index in [9.17, 15) is 0 Å². The first-order chi connectivity index (χ1) is 8.05. The van der Waals surface area contributed by atoms with Crippen molar-refractivity contribution in [2.24, 2.45) is 5.41 Å². The van der Waals surface area contributed by atoms with Crippen LogP contribution < -0.4 is 5.32 Å². The minimum Gasteiger partial charge on any atom is -0.316 e. The Kier molecular flexibility index (Phi) is 5.60. The van der Waals surface area contributed by atoms with Gasteiger partial charge in [0.15, 0.2) is 0 Å². The van der Waals surface area contributed by atoms with Gasteiger partial charge >= 0.3 is 0 Å². The highest BCUT2D eigenvalue weighted by molar-refractivity contribution is 7.09. The second-order valence-corrected chi connectivity index (χ2v) is 6.15. The lowest BCUT2D eigenvalue weighted by Gasteiger charge is -2.24. The highest BCUT2D eigenvalue weighted by Gasteiger charge is 2.17. The van der Waals surface area contributed by atoms with Crippen LogP contribution in [0, 0.1) is 16.7 Å². The zero-order valence-electron chi connectivity index (χ0n) is 10.9. The Hall–Kier alpha value is -0.920. The van der Waals surface area contributed by atoms with Gasteiger partial charge in [-0.1, -0.05) is 20.8 Å². The molecule has 1 aromatic heterocycles. The third-order valence-corrected chi connectivity index (χ3v) is 3.85. The van der Waals surface area contributed by atoms with Crippen molar-refractivity contribution in [3.63, 3.8) is 0 Å². The molecule has 1 N–H and O–H groups in total. The molecule has 0 saturated carbocycles. The number of nitrogens with zero attached hydrogens (tertiary/aromatic N) is 2. The van der Waals surface area contributed by atoms with Crippen molar-refractivity contribution in [3.8, 4) is 6.07 Å². The van der Waals surface area contributed by atoms with Gasteiger partial charge in [0, 0.05) is 37.0 Å². The fourth-order valence-electron chi connectivity index (χ4n) is 1.67. The first-order valence-corrected chi connectivity index (χ1v) is 6.90. The molecule has 17 heavy (non-hydrogen) atoms. The van der Waals surface area contributed by atoms with E-state index in [2.05, 4.69) is 37.1 Å². The van der Waals surface area contributed by atoms with Crippen molar-refractivity contribution in [2.45, 2.75) is 39.5 Å². The van der Waals surface area contributed by atoms with E-state index in [0.717, 1.165) is 19.5 Å². The van der Waals surface area contributed by atoms with Crippen molar-refractivity contribution in [2.75, 3.05) is 13.1 Å². The Balaban J connectivity index is 2.25. The number of nitriles is 1. The summed E-state index contributed by atoms with van der Waals surface area (Å²) < 4.78 is 0. The molecule has 1 aromatic rings. The van der Waals surface area contributed by atoms with Crippen LogP contribution in [0.15, 0.2) is 11.6 Å². The molecule has 0 aliphatic carbocycles. The van der Waals surface area contributed by atoms with Crippen LogP contribution in [0.25, 0.3) is 0 Å². The average Bonchev–Trinajstić information content (AvgIpc) is 2.79. The van der Waals surface area contributed by atoms with Gasteiger partial charge in [-0.3, -0.25) is 0 Å². The monoisotopic (exact) mass is 251 g/mol. The van der Waals surface area contributed by atoms with Gasteiger partial charge in [0.25, 0.3) is 0 Å². The molecule has 1 rings (SSSR count). The van der Waals surface area contributed by atoms with Gasteiger partial charge in [0.05, 0.1) is 11.1 Å². The van der Waals surface area contributed by atoms with Crippen LogP contribution in [0.1, 0.15) is 44.5 Å². The third-order valence-electron chi connectivity index (χ3n) is 2.84. The zero-order valence-corrected chi connectivity index (χ0v) is 11.7. The molecule has 0 aromatic carbocycles. The lowest BCUT2D eigenvalue weighted by atomic mass is 9.88. The van der Waals surface area contributed by atoms with E-state index >= 15 is 0 Å². The fourth-order valence-corrected chi connectivity index (χ4v) is 2.37. The number of nitrogens with one attached hydrogen (secondary N) is 1. The van der Waals surface area contributed by atoms with E-state index in [1.807, 2.05) is 11.6 Å². The highest BCUT2D eigenvalue weighted by atomic mass is 32.1. The Morgan fingerprint density at radius 3 is 2.94 bits per heavy atom. The molecule has 0 bridgehead atoms. The summed E-state index contributed by atoms with van der Waals surface area (Å²) in [6.07, 6.45) is 3.44. The maximum Gasteiger partial charge on any atom is 0.0965 e.